The maximum atomic E-state index is 12.9. The van der Waals surface area contributed by atoms with Crippen LogP contribution in [0.25, 0.3) is 0 Å². The molecular formula is C19H25N6O5S2+. The number of thioether (sulfide) groups is 1. The number of β-lactam (4-membered cyclic amide) rings is 1. The largest absolute Gasteiger partial charge is 0.477 e. The Hall–Kier alpha value is -2.64. The maximum absolute atomic E-state index is 12.9. The molecule has 4 rings (SSSR count). The van der Waals surface area contributed by atoms with Crippen LogP contribution in [-0.2, 0) is 19.2 Å². The average molecular weight is 482 g/mol. The second kappa shape index (κ2) is 8.71. The van der Waals surface area contributed by atoms with E-state index in [1.165, 1.54) is 23.8 Å². The highest BCUT2D eigenvalue weighted by Gasteiger charge is 2.55. The Kier molecular flexibility index (Phi) is 6.14. The first-order chi connectivity index (χ1) is 15.2. The van der Waals surface area contributed by atoms with Crippen LogP contribution >= 0.6 is 23.1 Å². The molecule has 0 spiro atoms. The Morgan fingerprint density at radius 2 is 2.16 bits per heavy atom. The highest BCUT2D eigenvalue weighted by molar-refractivity contribution is 8.00. The lowest BCUT2D eigenvalue weighted by molar-refractivity contribution is -0.893. The fourth-order valence-corrected chi connectivity index (χ4v) is 6.31. The number of carbonyl (C=O) groups is 3. The molecule has 1 aromatic heterocycles. The summed E-state index contributed by atoms with van der Waals surface area (Å²) in [6, 6.07) is -0.863. The van der Waals surface area contributed by atoms with Gasteiger partial charge in [-0.2, -0.15) is 0 Å². The first kappa shape index (κ1) is 22.6. The molecule has 1 aromatic rings. The van der Waals surface area contributed by atoms with E-state index in [4.69, 9.17) is 10.6 Å². The van der Waals surface area contributed by atoms with E-state index in [0.717, 1.165) is 47.3 Å². The Labute approximate surface area is 192 Å². The van der Waals surface area contributed by atoms with Crippen molar-refractivity contribution in [3.05, 3.63) is 22.3 Å². The summed E-state index contributed by atoms with van der Waals surface area (Å²) in [6.07, 6.45) is 2.24. The van der Waals surface area contributed by atoms with Gasteiger partial charge in [0.2, 0.25) is 0 Å². The Balaban J connectivity index is 1.52. The lowest BCUT2D eigenvalue weighted by Crippen LogP contribution is -2.71. The van der Waals surface area contributed by atoms with E-state index >= 15 is 0 Å². The minimum atomic E-state index is -1.12. The highest BCUT2D eigenvalue weighted by Crippen LogP contribution is 2.41. The summed E-state index contributed by atoms with van der Waals surface area (Å²) in [5.74, 6) is -1.71. The number of carbonyl (C=O) groups excluding carboxylic acids is 2. The minimum Gasteiger partial charge on any atom is -0.477 e. The van der Waals surface area contributed by atoms with Crippen LogP contribution in [0.1, 0.15) is 18.5 Å². The number of nitrogens with two attached hydrogens (primary N) is 1. The fraction of sp³-hybridized carbons (Fsp3) is 0.526. The third-order valence-electron chi connectivity index (χ3n) is 5.92. The second-order valence-corrected chi connectivity index (χ2v) is 10.2. The van der Waals surface area contributed by atoms with Crippen molar-refractivity contribution in [3.63, 3.8) is 0 Å². The number of nitrogens with zero attached hydrogens (tertiary/aromatic N) is 4. The van der Waals surface area contributed by atoms with E-state index in [0.29, 0.717) is 12.3 Å². The van der Waals surface area contributed by atoms with Crippen molar-refractivity contribution in [2.24, 2.45) is 5.16 Å². The van der Waals surface area contributed by atoms with Crippen molar-refractivity contribution in [1.29, 1.82) is 0 Å². The van der Waals surface area contributed by atoms with Crippen molar-refractivity contribution in [2.75, 3.05) is 45.3 Å². The van der Waals surface area contributed by atoms with Gasteiger partial charge in [-0.1, -0.05) is 5.16 Å². The number of nitrogen functional groups attached to an aromatic ring is 1. The topological polar surface area (TPSA) is 147 Å². The van der Waals surface area contributed by atoms with Crippen LogP contribution in [0.3, 0.4) is 0 Å². The highest BCUT2D eigenvalue weighted by atomic mass is 32.2. The molecule has 3 aliphatic rings. The number of carboxylic acid groups (broad SMARTS) is 1. The van der Waals surface area contributed by atoms with Crippen LogP contribution in [-0.4, -0.2) is 93.9 Å². The number of likely N-dealkylation sites (N-methyl/N-ethyl adjacent to an activating group) is 1. The summed E-state index contributed by atoms with van der Waals surface area (Å²) in [4.78, 5) is 47.9. The van der Waals surface area contributed by atoms with Gasteiger partial charge in [-0.05, 0) is 0 Å². The molecule has 2 saturated heterocycles. The molecule has 0 saturated carbocycles. The molecule has 2 fully saturated rings. The molecule has 2 atom stereocenters. The second-order valence-electron chi connectivity index (χ2n) is 8.24. The third kappa shape index (κ3) is 4.07. The zero-order valence-corrected chi connectivity index (χ0v) is 19.4. The van der Waals surface area contributed by atoms with Crippen molar-refractivity contribution in [3.8, 4) is 0 Å². The number of rotatable bonds is 7. The number of aromatic nitrogens is 1. The number of quaternary nitrogens is 1. The molecule has 13 heteroatoms. The first-order valence-electron chi connectivity index (χ1n) is 10.1. The van der Waals surface area contributed by atoms with E-state index < -0.39 is 29.2 Å². The van der Waals surface area contributed by atoms with Crippen LogP contribution in [0.15, 0.2) is 21.8 Å². The Morgan fingerprint density at radius 3 is 2.75 bits per heavy atom. The van der Waals surface area contributed by atoms with Crippen molar-refractivity contribution in [2.45, 2.75) is 24.3 Å². The monoisotopic (exact) mass is 481 g/mol. The van der Waals surface area contributed by atoms with Gasteiger partial charge in [0.1, 0.15) is 36.5 Å². The number of carboxylic acids is 1. The number of hydrogen-bond donors (Lipinski definition) is 3. The quantitative estimate of drug-likeness (QED) is 0.214. The normalized spacial score (nSPS) is 24.8. The number of aliphatic carboxylic acids is 1. The van der Waals surface area contributed by atoms with Gasteiger partial charge in [-0.15, -0.1) is 23.1 Å². The maximum Gasteiger partial charge on any atom is 0.352 e. The van der Waals surface area contributed by atoms with Crippen LogP contribution < -0.4 is 11.1 Å². The molecular weight excluding hydrogens is 456 g/mol. The predicted octanol–water partition coefficient (Wildman–Crippen LogP) is 0.0548. The SMILES string of the molecule is CON=C(C(=O)N[C@@H]1C(=O)N2C(C(=O)O)=C(C[N+]3(C)CCCC3)CS[C@@H]12)c1csc(N)n1. The number of nitrogens with one attached hydrogen (secondary N) is 1. The summed E-state index contributed by atoms with van der Waals surface area (Å²) in [5, 5.41) is 17.6. The van der Waals surface area contributed by atoms with Gasteiger partial charge in [0.25, 0.3) is 11.8 Å². The standard InChI is InChI=1S/C19H24N6O5S2/c1-25(5-3-4-6-25)7-10-8-31-17-13(16(27)24(17)14(10)18(28)29)22-15(26)12(23-30-2)11-9-32-19(20)21-11/h9,13,17H,3-8H2,1-2H3,(H3-,20,21,22,26,28,29)/p+1/t13-,17+/m1/s1. The molecule has 172 valence electrons. The summed E-state index contributed by atoms with van der Waals surface area (Å²) < 4.78 is 0.785. The third-order valence-corrected chi connectivity index (χ3v) is 7.93. The van der Waals surface area contributed by atoms with Gasteiger partial charge < -0.3 is 25.5 Å². The molecule has 2 amide bonds. The van der Waals surface area contributed by atoms with E-state index in [1.807, 2.05) is 0 Å². The summed E-state index contributed by atoms with van der Waals surface area (Å²) in [7, 11) is 3.42. The summed E-state index contributed by atoms with van der Waals surface area (Å²) >= 11 is 2.61. The predicted molar refractivity (Wildman–Crippen MR) is 120 cm³/mol. The molecule has 0 unspecified atom stereocenters. The minimum absolute atomic E-state index is 0.0496. The zero-order valence-electron chi connectivity index (χ0n) is 17.7. The van der Waals surface area contributed by atoms with Crippen LogP contribution in [0, 0.1) is 0 Å². The van der Waals surface area contributed by atoms with Gasteiger partial charge >= 0.3 is 5.97 Å². The van der Waals surface area contributed by atoms with E-state index in [2.05, 4.69) is 22.5 Å². The molecule has 3 aliphatic heterocycles. The van der Waals surface area contributed by atoms with E-state index in [1.54, 1.807) is 5.38 Å². The molecule has 0 bridgehead atoms. The number of thiazole rings is 1. The molecule has 32 heavy (non-hydrogen) atoms. The van der Waals surface area contributed by atoms with Gasteiger partial charge in [0.05, 0.1) is 20.1 Å². The van der Waals surface area contributed by atoms with Crippen LogP contribution in [0.2, 0.25) is 0 Å². The van der Waals surface area contributed by atoms with Crippen LogP contribution in [0.4, 0.5) is 5.13 Å². The average Bonchev–Trinajstić information content (AvgIpc) is 3.37. The molecule has 4 N–H and O–H groups in total. The summed E-state index contributed by atoms with van der Waals surface area (Å²) in [5.41, 5.74) is 6.59. The number of amides is 2. The molecule has 4 heterocycles. The van der Waals surface area contributed by atoms with Gasteiger partial charge in [0, 0.05) is 29.5 Å². The van der Waals surface area contributed by atoms with Crippen molar-refractivity contribution in [1.82, 2.24) is 15.2 Å². The van der Waals surface area contributed by atoms with E-state index in [-0.39, 0.29) is 22.2 Å². The molecule has 11 nitrogen and oxygen atoms in total. The van der Waals surface area contributed by atoms with E-state index in [9.17, 15) is 19.5 Å². The zero-order chi connectivity index (χ0) is 23.0. The number of oxime groups is 1. The summed E-state index contributed by atoms with van der Waals surface area (Å²) in [6.45, 7) is 2.61. The van der Waals surface area contributed by atoms with Gasteiger partial charge in [-0.3, -0.25) is 14.5 Å². The number of likely N-dealkylation sites (tertiary alicyclic amines) is 1. The lowest BCUT2D eigenvalue weighted by Gasteiger charge is -2.49. The number of fused-ring (bicyclic) bond motifs is 1. The fourth-order valence-electron chi connectivity index (χ4n) is 4.42. The van der Waals surface area contributed by atoms with Crippen molar-refractivity contribution >= 4 is 51.7 Å². The molecule has 0 aromatic carbocycles. The Bertz CT molecular complexity index is 1020. The number of hydrogen-bond acceptors (Lipinski definition) is 9. The smallest absolute Gasteiger partial charge is 0.352 e. The lowest BCUT2D eigenvalue weighted by atomic mass is 10.0. The van der Waals surface area contributed by atoms with Crippen LogP contribution in [0.5, 0.6) is 0 Å². The van der Waals surface area contributed by atoms with Gasteiger partial charge in [-0.25, -0.2) is 9.78 Å². The molecule has 0 radical (unpaired) electrons. The van der Waals surface area contributed by atoms with Gasteiger partial charge in [0.15, 0.2) is 10.8 Å². The first-order valence-corrected chi connectivity index (χ1v) is 12.0. The molecule has 0 aliphatic carbocycles. The van der Waals surface area contributed by atoms with Crippen molar-refractivity contribution < 1.29 is 28.8 Å². The Morgan fingerprint density at radius 1 is 1.44 bits per heavy atom. The number of anilines is 1.